The van der Waals surface area contributed by atoms with E-state index in [2.05, 4.69) is 21.9 Å². The van der Waals surface area contributed by atoms with Crippen LogP contribution in [0.3, 0.4) is 0 Å². The maximum atomic E-state index is 13.9. The van der Waals surface area contributed by atoms with Crippen molar-refractivity contribution in [3.63, 3.8) is 0 Å². The van der Waals surface area contributed by atoms with E-state index in [4.69, 9.17) is 6.42 Å². The Bertz CT molecular complexity index is 1000. The molecule has 2 fully saturated rings. The van der Waals surface area contributed by atoms with Gasteiger partial charge in [0.2, 0.25) is 11.8 Å². The summed E-state index contributed by atoms with van der Waals surface area (Å²) in [6.07, 6.45) is 11.6. The molecule has 9 nitrogen and oxygen atoms in total. The first-order valence-electron chi connectivity index (χ1n) is 14.5. The predicted molar refractivity (Wildman–Crippen MR) is 159 cm³/mol. The molecular weight excluding hydrogens is 528 g/mol. The Morgan fingerprint density at radius 2 is 1.65 bits per heavy atom. The lowest BCUT2D eigenvalue weighted by atomic mass is 9.83. The van der Waals surface area contributed by atoms with Crippen molar-refractivity contribution in [1.82, 2.24) is 20.9 Å². The molecule has 0 aromatic heterocycles. The van der Waals surface area contributed by atoms with E-state index in [-0.39, 0.29) is 17.6 Å². The summed E-state index contributed by atoms with van der Waals surface area (Å²) in [5.41, 5.74) is -1.23. The Labute approximate surface area is 243 Å². The third kappa shape index (κ3) is 9.32. The quantitative estimate of drug-likeness (QED) is 0.343. The van der Waals surface area contributed by atoms with E-state index in [0.717, 1.165) is 32.1 Å². The van der Waals surface area contributed by atoms with Gasteiger partial charge in [-0.1, -0.05) is 40.0 Å². The normalized spacial score (nSPS) is 21.4. The van der Waals surface area contributed by atoms with Crippen molar-refractivity contribution in [3.05, 3.63) is 0 Å². The lowest BCUT2D eigenvalue weighted by Gasteiger charge is -2.41. The maximum absolute atomic E-state index is 13.9. The van der Waals surface area contributed by atoms with E-state index in [1.165, 1.54) is 11.8 Å². The Morgan fingerprint density at radius 1 is 1.02 bits per heavy atom. The van der Waals surface area contributed by atoms with Gasteiger partial charge in [-0.25, -0.2) is 4.79 Å². The first kappa shape index (κ1) is 33.8. The summed E-state index contributed by atoms with van der Waals surface area (Å²) >= 11 is 0. The summed E-state index contributed by atoms with van der Waals surface area (Å²) in [7, 11) is -1.15. The fourth-order valence-electron chi connectivity index (χ4n) is 5.40. The second-order valence-electron chi connectivity index (χ2n) is 13.4. The average Bonchev–Trinajstić information content (AvgIpc) is 3.34. The molecule has 0 aromatic rings. The number of rotatable bonds is 10. The number of carbonyl (C=O) groups is 4. The van der Waals surface area contributed by atoms with Crippen LogP contribution in [-0.4, -0.2) is 73.4 Å². The molecule has 0 radical (unpaired) electrons. The van der Waals surface area contributed by atoms with Gasteiger partial charge in [-0.15, -0.1) is 12.3 Å². The highest BCUT2D eigenvalue weighted by Gasteiger charge is 2.44. The maximum Gasteiger partial charge on any atom is 0.315 e. The van der Waals surface area contributed by atoms with Gasteiger partial charge in [0, 0.05) is 34.3 Å². The predicted octanol–water partition coefficient (Wildman–Crippen LogP) is 3.43. The van der Waals surface area contributed by atoms with Crippen molar-refractivity contribution in [1.29, 1.82) is 0 Å². The van der Waals surface area contributed by atoms with Gasteiger partial charge in [-0.05, 0) is 65.2 Å². The van der Waals surface area contributed by atoms with E-state index >= 15 is 0 Å². The molecule has 1 saturated heterocycles. The SMILES string of the molecule is C#CCCC(NC(=O)[C@@H]1CCCN1C(=O)C(NC(=O)NC1(CS(=O)C(C)(C)C)CCCCC1)C(C)(C)C)C(C)=O. The van der Waals surface area contributed by atoms with Crippen LogP contribution in [0, 0.1) is 17.8 Å². The Morgan fingerprint density at radius 3 is 2.17 bits per heavy atom. The number of amides is 4. The number of hydrogen-bond donors (Lipinski definition) is 3. The smallest absolute Gasteiger partial charge is 0.315 e. The average molecular weight is 579 g/mol. The molecule has 10 heteroatoms. The van der Waals surface area contributed by atoms with Gasteiger partial charge in [0.1, 0.15) is 12.1 Å². The lowest BCUT2D eigenvalue weighted by molar-refractivity contribution is -0.142. The number of carbonyl (C=O) groups excluding carboxylic acids is 4. The highest BCUT2D eigenvalue weighted by atomic mass is 32.2. The van der Waals surface area contributed by atoms with Gasteiger partial charge in [0.25, 0.3) is 0 Å². The molecule has 0 aromatic carbocycles. The van der Waals surface area contributed by atoms with Crippen LogP contribution >= 0.6 is 0 Å². The Hall–Kier alpha value is -2.41. The Kier molecular flexibility index (Phi) is 11.8. The highest BCUT2D eigenvalue weighted by Crippen LogP contribution is 2.32. The van der Waals surface area contributed by atoms with Gasteiger partial charge in [0.05, 0.1) is 11.6 Å². The van der Waals surface area contributed by atoms with Crippen LogP contribution in [0.5, 0.6) is 0 Å². The van der Waals surface area contributed by atoms with Crippen LogP contribution in [0.2, 0.25) is 0 Å². The summed E-state index contributed by atoms with van der Waals surface area (Å²) < 4.78 is 12.7. The zero-order valence-corrected chi connectivity index (χ0v) is 26.3. The summed E-state index contributed by atoms with van der Waals surface area (Å²) in [5, 5.41) is 8.82. The molecular formula is C30H50N4O5S. The van der Waals surface area contributed by atoms with Crippen molar-refractivity contribution < 1.29 is 23.4 Å². The zero-order chi connectivity index (χ0) is 30.3. The first-order valence-corrected chi connectivity index (χ1v) is 15.8. The van der Waals surface area contributed by atoms with Crippen LogP contribution in [0.1, 0.15) is 106 Å². The molecule has 40 heavy (non-hydrogen) atoms. The number of nitrogens with zero attached hydrogens (tertiary/aromatic N) is 1. The minimum atomic E-state index is -1.15. The van der Waals surface area contributed by atoms with Crippen LogP contribution < -0.4 is 16.0 Å². The van der Waals surface area contributed by atoms with Crippen molar-refractivity contribution in [3.8, 4) is 12.3 Å². The third-order valence-electron chi connectivity index (χ3n) is 7.89. The number of Topliss-reactive ketones (excluding diaryl/α,β-unsaturated/α-hetero) is 1. The van der Waals surface area contributed by atoms with Gasteiger partial charge < -0.3 is 20.9 Å². The van der Waals surface area contributed by atoms with Gasteiger partial charge in [-0.3, -0.25) is 18.6 Å². The number of ketones is 1. The number of terminal acetylenes is 1. The molecule has 4 amide bonds. The molecule has 1 saturated carbocycles. The molecule has 1 heterocycles. The summed E-state index contributed by atoms with van der Waals surface area (Å²) in [6, 6.07) is -2.78. The summed E-state index contributed by atoms with van der Waals surface area (Å²) in [4.78, 5) is 54.1. The zero-order valence-electron chi connectivity index (χ0n) is 25.5. The molecule has 3 unspecified atom stereocenters. The Balaban J connectivity index is 2.20. The standard InChI is InChI=1S/C30H50N4O5S/c1-9-10-15-22(21(2)35)31-25(36)23-16-14-19-34(23)26(37)24(28(3,4)5)32-27(38)33-30(17-12-11-13-18-30)20-40(39)29(6,7)8/h1,22-24H,10-20H2,2-8H3,(H,31,36)(H2,32,33,38)/t22?,23-,24?,40?/m0/s1. The molecule has 2 aliphatic rings. The number of urea groups is 1. The van der Waals surface area contributed by atoms with Crippen molar-refractivity contribution in [2.24, 2.45) is 5.41 Å². The molecule has 1 aliphatic carbocycles. The molecule has 2 rings (SSSR count). The van der Waals surface area contributed by atoms with Crippen LogP contribution in [0.15, 0.2) is 0 Å². The third-order valence-corrected chi connectivity index (χ3v) is 10.1. The molecule has 4 atom stereocenters. The number of nitrogens with one attached hydrogen (secondary N) is 3. The van der Waals surface area contributed by atoms with Crippen molar-refractivity contribution >= 4 is 34.4 Å². The fourth-order valence-corrected chi connectivity index (χ4v) is 6.70. The van der Waals surface area contributed by atoms with Gasteiger partial charge >= 0.3 is 6.03 Å². The second-order valence-corrected chi connectivity index (χ2v) is 15.6. The van der Waals surface area contributed by atoms with Gasteiger partial charge in [-0.2, -0.15) is 0 Å². The van der Waals surface area contributed by atoms with Crippen molar-refractivity contribution in [2.45, 2.75) is 135 Å². The lowest BCUT2D eigenvalue weighted by Crippen LogP contribution is -2.63. The molecule has 1 aliphatic heterocycles. The van der Waals surface area contributed by atoms with E-state index in [1.54, 1.807) is 0 Å². The topological polar surface area (TPSA) is 125 Å². The van der Waals surface area contributed by atoms with E-state index < -0.39 is 50.7 Å². The summed E-state index contributed by atoms with van der Waals surface area (Å²) in [5.74, 6) is 1.95. The molecule has 0 spiro atoms. The first-order chi connectivity index (χ1) is 18.5. The van der Waals surface area contributed by atoms with E-state index in [0.29, 0.717) is 38.0 Å². The largest absolute Gasteiger partial charge is 0.344 e. The fraction of sp³-hybridized carbons (Fsp3) is 0.800. The molecule has 0 bridgehead atoms. The molecule has 226 valence electrons. The number of hydrogen-bond acceptors (Lipinski definition) is 5. The van der Waals surface area contributed by atoms with Gasteiger partial charge in [0.15, 0.2) is 5.78 Å². The van der Waals surface area contributed by atoms with E-state index in [9.17, 15) is 23.4 Å². The highest BCUT2D eigenvalue weighted by molar-refractivity contribution is 7.86. The minimum Gasteiger partial charge on any atom is -0.344 e. The van der Waals surface area contributed by atoms with Crippen molar-refractivity contribution in [2.75, 3.05) is 12.3 Å². The monoisotopic (exact) mass is 578 g/mol. The van der Waals surface area contributed by atoms with Crippen LogP contribution in [0.25, 0.3) is 0 Å². The molecule has 3 N–H and O–H groups in total. The van der Waals surface area contributed by atoms with Crippen LogP contribution in [0.4, 0.5) is 4.79 Å². The summed E-state index contributed by atoms with van der Waals surface area (Å²) in [6.45, 7) is 13.2. The van der Waals surface area contributed by atoms with Crippen LogP contribution in [-0.2, 0) is 25.2 Å². The second kappa shape index (κ2) is 14.0. The van der Waals surface area contributed by atoms with E-state index in [1.807, 2.05) is 41.5 Å². The number of likely N-dealkylation sites (tertiary alicyclic amines) is 1. The minimum absolute atomic E-state index is 0.186.